The van der Waals surface area contributed by atoms with Gasteiger partial charge in [-0.3, -0.25) is 14.6 Å². The standard InChI is InChI=1S/C17H25N3O2S/c1-12(2)7-8-13(3)19-16(21)15-10-23-11-20(15)17(22)14-6-4-5-9-18-14/h4-6,9,12-13,15H,7-8,10-11H2,1-3H3,(H,19,21)/t13-,15+/m1/s1. The molecule has 0 spiro atoms. The molecule has 1 aromatic heterocycles. The van der Waals surface area contributed by atoms with Gasteiger partial charge in [0.25, 0.3) is 5.91 Å². The average Bonchev–Trinajstić information content (AvgIpc) is 3.02. The van der Waals surface area contributed by atoms with Crippen LogP contribution in [-0.2, 0) is 4.79 Å². The van der Waals surface area contributed by atoms with Crippen LogP contribution in [-0.4, -0.2) is 45.4 Å². The first-order valence-corrected chi connectivity index (χ1v) is 9.24. The molecule has 2 amide bonds. The van der Waals surface area contributed by atoms with Gasteiger partial charge in [0.1, 0.15) is 11.7 Å². The van der Waals surface area contributed by atoms with E-state index in [0.29, 0.717) is 23.2 Å². The molecule has 6 heteroatoms. The van der Waals surface area contributed by atoms with Crippen LogP contribution in [0.1, 0.15) is 44.1 Å². The fourth-order valence-corrected chi connectivity index (χ4v) is 3.64. The molecule has 5 nitrogen and oxygen atoms in total. The maximum Gasteiger partial charge on any atom is 0.273 e. The van der Waals surface area contributed by atoms with Crippen molar-refractivity contribution in [2.45, 2.75) is 45.7 Å². The van der Waals surface area contributed by atoms with Crippen molar-refractivity contribution in [3.63, 3.8) is 0 Å². The molecule has 126 valence electrons. The Labute approximate surface area is 142 Å². The van der Waals surface area contributed by atoms with Gasteiger partial charge in [-0.2, -0.15) is 0 Å². The summed E-state index contributed by atoms with van der Waals surface area (Å²) in [6.07, 6.45) is 3.63. The molecule has 0 unspecified atom stereocenters. The van der Waals surface area contributed by atoms with Gasteiger partial charge in [-0.25, -0.2) is 0 Å². The highest BCUT2D eigenvalue weighted by molar-refractivity contribution is 7.99. The van der Waals surface area contributed by atoms with Crippen molar-refractivity contribution in [3.8, 4) is 0 Å². The van der Waals surface area contributed by atoms with Crippen LogP contribution >= 0.6 is 11.8 Å². The number of thioether (sulfide) groups is 1. The fourth-order valence-electron chi connectivity index (χ4n) is 2.49. The van der Waals surface area contributed by atoms with Crippen molar-refractivity contribution < 1.29 is 9.59 Å². The fraction of sp³-hybridized carbons (Fsp3) is 0.588. The van der Waals surface area contributed by atoms with Crippen LogP contribution < -0.4 is 5.32 Å². The SMILES string of the molecule is CC(C)CC[C@@H](C)NC(=O)[C@@H]1CSCN1C(=O)c1ccccn1. The monoisotopic (exact) mass is 335 g/mol. The van der Waals surface area contributed by atoms with Gasteiger partial charge in [0.05, 0.1) is 5.88 Å². The molecule has 0 saturated carbocycles. The molecule has 1 N–H and O–H groups in total. The van der Waals surface area contributed by atoms with Crippen LogP contribution in [0.25, 0.3) is 0 Å². The normalized spacial score (nSPS) is 19.0. The Kier molecular flexibility index (Phi) is 6.45. The minimum absolute atomic E-state index is 0.0597. The van der Waals surface area contributed by atoms with Crippen LogP contribution in [0.4, 0.5) is 0 Å². The molecule has 2 rings (SSSR count). The van der Waals surface area contributed by atoms with E-state index in [-0.39, 0.29) is 17.9 Å². The largest absolute Gasteiger partial charge is 0.352 e. The lowest BCUT2D eigenvalue weighted by atomic mass is 10.0. The van der Waals surface area contributed by atoms with E-state index in [1.807, 2.05) is 6.92 Å². The Hall–Kier alpha value is -1.56. The van der Waals surface area contributed by atoms with Crippen molar-refractivity contribution >= 4 is 23.6 Å². The number of aromatic nitrogens is 1. The summed E-state index contributed by atoms with van der Waals surface area (Å²) in [6.45, 7) is 6.37. The van der Waals surface area contributed by atoms with Gasteiger partial charge in [-0.05, 0) is 37.8 Å². The lowest BCUT2D eigenvalue weighted by molar-refractivity contribution is -0.125. The number of pyridine rings is 1. The summed E-state index contributed by atoms with van der Waals surface area (Å²) < 4.78 is 0. The van der Waals surface area contributed by atoms with Crippen LogP contribution in [0.2, 0.25) is 0 Å². The Morgan fingerprint density at radius 1 is 1.35 bits per heavy atom. The first-order valence-electron chi connectivity index (χ1n) is 8.09. The molecule has 0 radical (unpaired) electrons. The van der Waals surface area contributed by atoms with E-state index in [9.17, 15) is 9.59 Å². The third-order valence-electron chi connectivity index (χ3n) is 3.90. The lowest BCUT2D eigenvalue weighted by Crippen LogP contribution is -2.49. The average molecular weight is 335 g/mol. The summed E-state index contributed by atoms with van der Waals surface area (Å²) in [4.78, 5) is 30.8. The second-order valence-electron chi connectivity index (χ2n) is 6.39. The summed E-state index contributed by atoms with van der Waals surface area (Å²) in [5.41, 5.74) is 0.389. The molecule has 1 aliphatic heterocycles. The van der Waals surface area contributed by atoms with E-state index in [0.717, 1.165) is 12.8 Å². The van der Waals surface area contributed by atoms with Gasteiger partial charge >= 0.3 is 0 Å². The predicted octanol–water partition coefficient (Wildman–Crippen LogP) is 2.54. The summed E-state index contributed by atoms with van der Waals surface area (Å²) in [7, 11) is 0. The number of nitrogens with zero attached hydrogens (tertiary/aromatic N) is 2. The molecule has 2 heterocycles. The topological polar surface area (TPSA) is 62.3 Å². The second-order valence-corrected chi connectivity index (χ2v) is 7.39. The minimum atomic E-state index is -0.406. The van der Waals surface area contributed by atoms with Crippen LogP contribution in [0.5, 0.6) is 0 Å². The van der Waals surface area contributed by atoms with Gasteiger partial charge in [-0.15, -0.1) is 11.8 Å². The van der Waals surface area contributed by atoms with E-state index < -0.39 is 6.04 Å². The quantitative estimate of drug-likeness (QED) is 0.868. The summed E-state index contributed by atoms with van der Waals surface area (Å²) in [6, 6.07) is 4.96. The van der Waals surface area contributed by atoms with Crippen molar-refractivity contribution in [3.05, 3.63) is 30.1 Å². The van der Waals surface area contributed by atoms with Crippen molar-refractivity contribution in [1.29, 1.82) is 0 Å². The Balaban J connectivity index is 1.95. The molecule has 1 aromatic rings. The molecule has 1 fully saturated rings. The number of carbonyl (C=O) groups is 2. The van der Waals surface area contributed by atoms with E-state index in [4.69, 9.17) is 0 Å². The summed E-state index contributed by atoms with van der Waals surface area (Å²) in [5.74, 6) is 1.56. The van der Waals surface area contributed by atoms with Crippen molar-refractivity contribution in [1.82, 2.24) is 15.2 Å². The van der Waals surface area contributed by atoms with E-state index in [1.54, 1.807) is 41.1 Å². The number of amides is 2. The molecule has 2 atom stereocenters. The maximum atomic E-state index is 12.5. The van der Waals surface area contributed by atoms with E-state index in [2.05, 4.69) is 24.1 Å². The molecular weight excluding hydrogens is 310 g/mol. The minimum Gasteiger partial charge on any atom is -0.352 e. The van der Waals surface area contributed by atoms with Crippen LogP contribution in [0, 0.1) is 5.92 Å². The number of rotatable bonds is 6. The molecule has 0 aromatic carbocycles. The molecule has 0 bridgehead atoms. The van der Waals surface area contributed by atoms with Gasteiger partial charge in [-0.1, -0.05) is 19.9 Å². The third-order valence-corrected chi connectivity index (χ3v) is 4.91. The predicted molar refractivity (Wildman–Crippen MR) is 93.2 cm³/mol. The Morgan fingerprint density at radius 3 is 2.78 bits per heavy atom. The first kappa shape index (κ1) is 17.8. The maximum absolute atomic E-state index is 12.5. The van der Waals surface area contributed by atoms with Crippen LogP contribution in [0.3, 0.4) is 0 Å². The first-order chi connectivity index (χ1) is 11.0. The molecule has 0 aliphatic carbocycles. The Morgan fingerprint density at radius 2 is 2.13 bits per heavy atom. The van der Waals surface area contributed by atoms with Crippen LogP contribution in [0.15, 0.2) is 24.4 Å². The summed E-state index contributed by atoms with van der Waals surface area (Å²) >= 11 is 1.60. The highest BCUT2D eigenvalue weighted by Gasteiger charge is 2.35. The van der Waals surface area contributed by atoms with Gasteiger partial charge in [0.2, 0.25) is 5.91 Å². The van der Waals surface area contributed by atoms with E-state index in [1.165, 1.54) is 0 Å². The summed E-state index contributed by atoms with van der Waals surface area (Å²) in [5, 5.41) is 3.05. The highest BCUT2D eigenvalue weighted by Crippen LogP contribution is 2.23. The van der Waals surface area contributed by atoms with Gasteiger partial charge < -0.3 is 10.2 Å². The van der Waals surface area contributed by atoms with Gasteiger partial charge in [0, 0.05) is 18.0 Å². The second kappa shape index (κ2) is 8.34. The smallest absolute Gasteiger partial charge is 0.273 e. The zero-order valence-electron chi connectivity index (χ0n) is 14.0. The lowest BCUT2D eigenvalue weighted by Gasteiger charge is -2.24. The zero-order chi connectivity index (χ0) is 16.8. The highest BCUT2D eigenvalue weighted by atomic mass is 32.2. The third kappa shape index (κ3) is 4.96. The Bertz CT molecular complexity index is 536. The molecule has 1 saturated heterocycles. The molecule has 1 aliphatic rings. The number of hydrogen-bond donors (Lipinski definition) is 1. The number of nitrogens with one attached hydrogen (secondary N) is 1. The van der Waals surface area contributed by atoms with E-state index >= 15 is 0 Å². The number of hydrogen-bond acceptors (Lipinski definition) is 4. The molecular formula is C17H25N3O2S. The van der Waals surface area contributed by atoms with Crippen molar-refractivity contribution in [2.75, 3.05) is 11.6 Å². The zero-order valence-corrected chi connectivity index (χ0v) is 14.8. The van der Waals surface area contributed by atoms with Crippen molar-refractivity contribution in [2.24, 2.45) is 5.92 Å². The molecule has 23 heavy (non-hydrogen) atoms. The van der Waals surface area contributed by atoms with Gasteiger partial charge in [0.15, 0.2) is 0 Å². The number of carbonyl (C=O) groups excluding carboxylic acids is 2.